The quantitative estimate of drug-likeness (QED) is 0.661. The number of aromatic nitrogens is 2. The summed E-state index contributed by atoms with van der Waals surface area (Å²) in [5.41, 5.74) is 6.90. The van der Waals surface area contributed by atoms with Gasteiger partial charge in [-0.2, -0.15) is 0 Å². The first-order valence-corrected chi connectivity index (χ1v) is 6.83. The fourth-order valence-electron chi connectivity index (χ4n) is 2.59. The number of nitrogens with one attached hydrogen (secondary N) is 1. The molecule has 0 aliphatic carbocycles. The van der Waals surface area contributed by atoms with E-state index in [-0.39, 0.29) is 0 Å². The number of ether oxygens (including phenoxy) is 1. The van der Waals surface area contributed by atoms with Gasteiger partial charge >= 0.3 is 0 Å². The van der Waals surface area contributed by atoms with Crippen molar-refractivity contribution >= 4 is 5.82 Å². The molecule has 5 heteroatoms. The van der Waals surface area contributed by atoms with E-state index in [1.54, 1.807) is 0 Å². The number of rotatable bonds is 3. The first-order chi connectivity index (χ1) is 9.72. The van der Waals surface area contributed by atoms with Crippen molar-refractivity contribution in [2.75, 3.05) is 12.0 Å². The lowest BCUT2D eigenvalue weighted by Crippen LogP contribution is -2.13. The Kier molecular flexibility index (Phi) is 3.28. The van der Waals surface area contributed by atoms with Gasteiger partial charge in [0.1, 0.15) is 11.6 Å². The summed E-state index contributed by atoms with van der Waals surface area (Å²) in [4.78, 5) is 9.13. The average Bonchev–Trinajstić information content (AvgIpc) is 2.93. The molecule has 1 aromatic carbocycles. The Labute approximate surface area is 118 Å². The molecule has 0 amide bonds. The number of benzene rings is 1. The van der Waals surface area contributed by atoms with Gasteiger partial charge in [0.15, 0.2) is 5.82 Å². The van der Waals surface area contributed by atoms with Crippen LogP contribution in [0, 0.1) is 6.92 Å². The molecule has 0 radical (unpaired) electrons. The summed E-state index contributed by atoms with van der Waals surface area (Å²) in [6, 6.07) is 6.08. The zero-order chi connectivity index (χ0) is 14.1. The molecule has 2 aromatic rings. The highest BCUT2D eigenvalue weighted by Crippen LogP contribution is 2.30. The molecule has 3 rings (SSSR count). The molecule has 0 saturated carbocycles. The summed E-state index contributed by atoms with van der Waals surface area (Å²) in [5, 5.41) is 0. The standard InChI is InChI=1S/C15H18N4O/c1-3-12-9(2)17-14(18-15(12)19-16)11-4-5-13-10(8-11)6-7-20-13/h4-5,8H,3,6-7,16H2,1-2H3,(H,17,18,19). The molecular formula is C15H18N4O. The monoisotopic (exact) mass is 270 g/mol. The Morgan fingerprint density at radius 3 is 2.95 bits per heavy atom. The van der Waals surface area contributed by atoms with Gasteiger partial charge in [0.25, 0.3) is 0 Å². The molecule has 1 aliphatic rings. The molecule has 3 N–H and O–H groups in total. The number of hydrazine groups is 1. The average molecular weight is 270 g/mol. The number of nitrogens with zero attached hydrogens (tertiary/aromatic N) is 2. The molecule has 0 atom stereocenters. The van der Waals surface area contributed by atoms with Crippen molar-refractivity contribution in [2.24, 2.45) is 5.84 Å². The molecule has 0 bridgehead atoms. The maximum atomic E-state index is 5.57. The van der Waals surface area contributed by atoms with Crippen LogP contribution in [0.4, 0.5) is 5.82 Å². The molecule has 1 aromatic heterocycles. The van der Waals surface area contributed by atoms with Crippen LogP contribution in [-0.4, -0.2) is 16.6 Å². The van der Waals surface area contributed by atoms with E-state index in [9.17, 15) is 0 Å². The van der Waals surface area contributed by atoms with Crippen molar-refractivity contribution in [3.05, 3.63) is 35.0 Å². The lowest BCUT2D eigenvalue weighted by Gasteiger charge is -2.11. The highest BCUT2D eigenvalue weighted by molar-refractivity contribution is 5.62. The van der Waals surface area contributed by atoms with Crippen LogP contribution in [-0.2, 0) is 12.8 Å². The van der Waals surface area contributed by atoms with Crippen molar-refractivity contribution in [1.29, 1.82) is 0 Å². The van der Waals surface area contributed by atoms with Crippen molar-refractivity contribution in [2.45, 2.75) is 26.7 Å². The molecule has 0 saturated heterocycles. The second kappa shape index (κ2) is 5.09. The molecule has 0 spiro atoms. The van der Waals surface area contributed by atoms with Gasteiger partial charge in [0, 0.05) is 23.2 Å². The Bertz CT molecular complexity index is 655. The van der Waals surface area contributed by atoms with Crippen molar-refractivity contribution in [3.63, 3.8) is 0 Å². The van der Waals surface area contributed by atoms with Crippen LogP contribution in [0.3, 0.4) is 0 Å². The highest BCUT2D eigenvalue weighted by Gasteiger charge is 2.15. The zero-order valence-corrected chi connectivity index (χ0v) is 11.7. The van der Waals surface area contributed by atoms with Crippen molar-refractivity contribution < 1.29 is 4.74 Å². The second-order valence-corrected chi connectivity index (χ2v) is 4.88. The summed E-state index contributed by atoms with van der Waals surface area (Å²) in [6.45, 7) is 4.81. The number of hydrogen-bond donors (Lipinski definition) is 2. The molecular weight excluding hydrogens is 252 g/mol. The van der Waals surface area contributed by atoms with Gasteiger partial charge in [-0.3, -0.25) is 0 Å². The minimum Gasteiger partial charge on any atom is -0.493 e. The fraction of sp³-hybridized carbons (Fsp3) is 0.333. The maximum Gasteiger partial charge on any atom is 0.161 e. The lowest BCUT2D eigenvalue weighted by atomic mass is 10.1. The topological polar surface area (TPSA) is 73.1 Å². The Balaban J connectivity index is 2.08. The minimum atomic E-state index is 0.697. The van der Waals surface area contributed by atoms with Crippen molar-refractivity contribution in [3.8, 4) is 17.1 Å². The molecule has 0 unspecified atom stereocenters. The van der Waals surface area contributed by atoms with Gasteiger partial charge in [-0.1, -0.05) is 6.92 Å². The molecule has 104 valence electrons. The number of nitrogen functional groups attached to an aromatic ring is 1. The summed E-state index contributed by atoms with van der Waals surface area (Å²) in [5.74, 6) is 7.93. The number of fused-ring (bicyclic) bond motifs is 1. The van der Waals surface area contributed by atoms with Gasteiger partial charge in [-0.15, -0.1) is 0 Å². The minimum absolute atomic E-state index is 0.697. The Morgan fingerprint density at radius 1 is 1.35 bits per heavy atom. The van der Waals surface area contributed by atoms with Crippen LogP contribution in [0.5, 0.6) is 5.75 Å². The number of anilines is 1. The van der Waals surface area contributed by atoms with E-state index >= 15 is 0 Å². The second-order valence-electron chi connectivity index (χ2n) is 4.88. The van der Waals surface area contributed by atoms with E-state index in [0.717, 1.165) is 42.0 Å². The maximum absolute atomic E-state index is 5.57. The van der Waals surface area contributed by atoms with Crippen LogP contribution in [0.25, 0.3) is 11.4 Å². The fourth-order valence-corrected chi connectivity index (χ4v) is 2.59. The largest absolute Gasteiger partial charge is 0.493 e. The van der Waals surface area contributed by atoms with E-state index in [0.29, 0.717) is 11.6 Å². The predicted molar refractivity (Wildman–Crippen MR) is 78.6 cm³/mol. The third kappa shape index (κ3) is 2.10. The van der Waals surface area contributed by atoms with Crippen LogP contribution in [0.1, 0.15) is 23.7 Å². The summed E-state index contributed by atoms with van der Waals surface area (Å²) < 4.78 is 5.52. The Hall–Kier alpha value is -2.14. The molecule has 1 aliphatic heterocycles. The normalized spacial score (nSPS) is 12.9. The zero-order valence-electron chi connectivity index (χ0n) is 11.7. The molecule has 20 heavy (non-hydrogen) atoms. The first-order valence-electron chi connectivity index (χ1n) is 6.83. The molecule has 5 nitrogen and oxygen atoms in total. The SMILES string of the molecule is CCc1c(C)nc(-c2ccc3c(c2)CCO3)nc1NN. The number of nitrogens with two attached hydrogens (primary N) is 1. The van der Waals surface area contributed by atoms with E-state index in [1.165, 1.54) is 5.56 Å². The van der Waals surface area contributed by atoms with Gasteiger partial charge in [-0.25, -0.2) is 15.8 Å². The van der Waals surface area contributed by atoms with E-state index in [2.05, 4.69) is 28.4 Å². The first kappa shape index (κ1) is 12.9. The Morgan fingerprint density at radius 2 is 2.20 bits per heavy atom. The predicted octanol–water partition coefficient (Wildman–Crippen LogP) is 2.23. The van der Waals surface area contributed by atoms with E-state index < -0.39 is 0 Å². The van der Waals surface area contributed by atoms with Gasteiger partial charge < -0.3 is 10.2 Å². The van der Waals surface area contributed by atoms with E-state index in [1.807, 2.05) is 19.1 Å². The summed E-state index contributed by atoms with van der Waals surface area (Å²) in [7, 11) is 0. The van der Waals surface area contributed by atoms with Crippen LogP contribution in [0.2, 0.25) is 0 Å². The van der Waals surface area contributed by atoms with Gasteiger partial charge in [0.05, 0.1) is 6.61 Å². The van der Waals surface area contributed by atoms with Crippen molar-refractivity contribution in [1.82, 2.24) is 9.97 Å². The third-order valence-corrected chi connectivity index (χ3v) is 3.65. The smallest absolute Gasteiger partial charge is 0.161 e. The number of aryl methyl sites for hydroxylation is 1. The summed E-state index contributed by atoms with van der Waals surface area (Å²) in [6.07, 6.45) is 1.79. The van der Waals surface area contributed by atoms with Crippen LogP contribution < -0.4 is 16.0 Å². The third-order valence-electron chi connectivity index (χ3n) is 3.65. The number of hydrogen-bond acceptors (Lipinski definition) is 5. The van der Waals surface area contributed by atoms with E-state index in [4.69, 9.17) is 10.6 Å². The highest BCUT2D eigenvalue weighted by atomic mass is 16.5. The van der Waals surface area contributed by atoms with Crippen LogP contribution >= 0.6 is 0 Å². The molecule has 0 fully saturated rings. The lowest BCUT2D eigenvalue weighted by molar-refractivity contribution is 0.357. The van der Waals surface area contributed by atoms with Crippen LogP contribution in [0.15, 0.2) is 18.2 Å². The summed E-state index contributed by atoms with van der Waals surface area (Å²) >= 11 is 0. The molecule has 2 heterocycles. The van der Waals surface area contributed by atoms with Gasteiger partial charge in [0.2, 0.25) is 0 Å². The van der Waals surface area contributed by atoms with Gasteiger partial charge in [-0.05, 0) is 37.1 Å².